The molecule has 0 amide bonds. The van der Waals surface area contributed by atoms with Gasteiger partial charge in [0, 0.05) is 21.5 Å². The Balaban J connectivity index is 1.26. The normalized spacial score (nSPS) is 12.1. The van der Waals surface area contributed by atoms with Crippen LogP contribution in [0, 0.1) is 23.3 Å². The minimum Gasteiger partial charge on any atom is -0.207 e. The SMILES string of the molecule is Fc1ccc2c(-c3ccc4c(F)cc5c(-c6ccc(F)c7ccccc67)ccc6ccc3c4c65)c3ccccc3c(-c3ccc(F)c4ccccc34)c2c1. The molecule has 0 unspecified atom stereocenters. The molecule has 4 heteroatoms. The Bertz CT molecular complexity index is 3380. The van der Waals surface area contributed by atoms with Crippen LogP contribution in [0.2, 0.25) is 0 Å². The van der Waals surface area contributed by atoms with Crippen molar-refractivity contribution in [2.75, 3.05) is 0 Å². The topological polar surface area (TPSA) is 0 Å². The van der Waals surface area contributed by atoms with Gasteiger partial charge in [0.05, 0.1) is 0 Å². The molecule has 0 saturated carbocycles. The van der Waals surface area contributed by atoms with E-state index in [9.17, 15) is 4.39 Å². The summed E-state index contributed by atoms with van der Waals surface area (Å²) in [5.74, 6) is -1.35. The number of hydrogen-bond acceptors (Lipinski definition) is 0. The van der Waals surface area contributed by atoms with Crippen molar-refractivity contribution in [3.05, 3.63) is 181 Å². The standard InChI is InChI=1S/C50H26F4/c51-28-15-18-40-42(25-28)49(37-22-24-45(53)34-10-4-2-8-30(34)37)36-12-6-5-11-35(36)48(40)38-19-20-41-46(54)26-43-32(16-13-27-14-17-39(38)50(41)47(27)43)31-21-23-44(52)33-9-3-1-7-29(31)33/h1-26H. The van der Waals surface area contributed by atoms with E-state index in [0.717, 1.165) is 87.2 Å². The lowest BCUT2D eigenvalue weighted by atomic mass is 9.82. The van der Waals surface area contributed by atoms with Crippen LogP contribution in [0.25, 0.3) is 109 Å². The van der Waals surface area contributed by atoms with Gasteiger partial charge in [0.25, 0.3) is 0 Å². The molecule has 11 aromatic carbocycles. The van der Waals surface area contributed by atoms with Gasteiger partial charge >= 0.3 is 0 Å². The van der Waals surface area contributed by atoms with Gasteiger partial charge in [-0.2, -0.15) is 0 Å². The molecule has 0 bridgehead atoms. The van der Waals surface area contributed by atoms with E-state index in [1.165, 1.54) is 18.2 Å². The summed E-state index contributed by atoms with van der Waals surface area (Å²) in [6.45, 7) is 0. The molecule has 0 aliphatic carbocycles. The molecule has 0 aromatic heterocycles. The molecule has 0 atom stereocenters. The highest BCUT2D eigenvalue weighted by atomic mass is 19.1. The molecule has 11 aromatic rings. The lowest BCUT2D eigenvalue weighted by molar-refractivity contribution is 0.629. The van der Waals surface area contributed by atoms with Gasteiger partial charge in [0.1, 0.15) is 23.3 Å². The first kappa shape index (κ1) is 30.8. The molecule has 11 rings (SSSR count). The lowest BCUT2D eigenvalue weighted by Crippen LogP contribution is -1.95. The van der Waals surface area contributed by atoms with Gasteiger partial charge in [-0.05, 0) is 118 Å². The van der Waals surface area contributed by atoms with Crippen LogP contribution in [-0.2, 0) is 0 Å². The van der Waals surface area contributed by atoms with Crippen molar-refractivity contribution < 1.29 is 17.6 Å². The molecular weight excluding hydrogens is 677 g/mol. The zero-order valence-corrected chi connectivity index (χ0v) is 28.5. The Labute approximate surface area is 306 Å². The van der Waals surface area contributed by atoms with E-state index in [-0.39, 0.29) is 23.3 Å². The van der Waals surface area contributed by atoms with Gasteiger partial charge in [0.2, 0.25) is 0 Å². The third-order valence-electron chi connectivity index (χ3n) is 11.3. The van der Waals surface area contributed by atoms with Crippen molar-refractivity contribution in [1.29, 1.82) is 0 Å². The van der Waals surface area contributed by atoms with Crippen molar-refractivity contribution in [1.82, 2.24) is 0 Å². The number of hydrogen-bond donors (Lipinski definition) is 0. The van der Waals surface area contributed by atoms with E-state index in [2.05, 4.69) is 24.3 Å². The Kier molecular flexibility index (Phi) is 6.48. The van der Waals surface area contributed by atoms with Crippen LogP contribution in [0.3, 0.4) is 0 Å². The summed E-state index contributed by atoms with van der Waals surface area (Å²) < 4.78 is 61.9. The molecule has 0 nitrogen and oxygen atoms in total. The van der Waals surface area contributed by atoms with E-state index >= 15 is 13.2 Å². The maximum absolute atomic E-state index is 16.5. The predicted octanol–water partition coefficient (Wildman–Crippen LogP) is 14.8. The third kappa shape index (κ3) is 4.25. The summed E-state index contributed by atoms with van der Waals surface area (Å²) in [5, 5.41) is 10.6. The molecule has 0 aliphatic rings. The molecular formula is C50H26F4. The van der Waals surface area contributed by atoms with Crippen molar-refractivity contribution in [3.63, 3.8) is 0 Å². The predicted molar refractivity (Wildman–Crippen MR) is 216 cm³/mol. The first-order valence-electron chi connectivity index (χ1n) is 17.9. The second-order valence-electron chi connectivity index (χ2n) is 14.0. The van der Waals surface area contributed by atoms with Crippen LogP contribution in [0.15, 0.2) is 158 Å². The van der Waals surface area contributed by atoms with E-state index in [1.807, 2.05) is 78.9 Å². The molecule has 0 N–H and O–H groups in total. The van der Waals surface area contributed by atoms with Gasteiger partial charge in [-0.1, -0.05) is 127 Å². The van der Waals surface area contributed by atoms with Gasteiger partial charge in [-0.25, -0.2) is 17.6 Å². The Morgan fingerprint density at radius 3 is 1.43 bits per heavy atom. The minimum absolute atomic E-state index is 0.305. The summed E-state index contributed by atoms with van der Waals surface area (Å²) in [4.78, 5) is 0. The van der Waals surface area contributed by atoms with Gasteiger partial charge in [-0.3, -0.25) is 0 Å². The Morgan fingerprint density at radius 2 is 0.722 bits per heavy atom. The average Bonchev–Trinajstić information content (AvgIpc) is 3.20. The van der Waals surface area contributed by atoms with Crippen molar-refractivity contribution in [2.45, 2.75) is 0 Å². The molecule has 0 aliphatic heterocycles. The summed E-state index contributed by atoms with van der Waals surface area (Å²) in [6, 6.07) is 47.7. The minimum atomic E-state index is -0.380. The summed E-state index contributed by atoms with van der Waals surface area (Å²) in [7, 11) is 0. The molecule has 54 heavy (non-hydrogen) atoms. The van der Waals surface area contributed by atoms with Gasteiger partial charge in [-0.15, -0.1) is 0 Å². The quantitative estimate of drug-likeness (QED) is 0.0977. The van der Waals surface area contributed by atoms with Crippen LogP contribution < -0.4 is 0 Å². The number of halogens is 4. The second-order valence-corrected chi connectivity index (χ2v) is 14.0. The highest BCUT2D eigenvalue weighted by Crippen LogP contribution is 2.50. The smallest absolute Gasteiger partial charge is 0.131 e. The fourth-order valence-electron chi connectivity index (χ4n) is 9.00. The Hall–Kier alpha value is -6.78. The second kappa shape index (κ2) is 11.4. The van der Waals surface area contributed by atoms with Crippen LogP contribution in [0.1, 0.15) is 0 Å². The maximum Gasteiger partial charge on any atom is 0.131 e. The van der Waals surface area contributed by atoms with Crippen molar-refractivity contribution >= 4 is 75.4 Å². The molecule has 254 valence electrons. The van der Waals surface area contributed by atoms with Crippen LogP contribution >= 0.6 is 0 Å². The van der Waals surface area contributed by atoms with Gasteiger partial charge < -0.3 is 0 Å². The summed E-state index contributed by atoms with van der Waals surface area (Å²) in [6.07, 6.45) is 0. The Morgan fingerprint density at radius 1 is 0.259 bits per heavy atom. The van der Waals surface area contributed by atoms with Crippen LogP contribution in [-0.4, -0.2) is 0 Å². The van der Waals surface area contributed by atoms with Crippen molar-refractivity contribution in [3.8, 4) is 33.4 Å². The molecule has 0 heterocycles. The number of rotatable bonds is 3. The molecule has 0 saturated heterocycles. The monoisotopic (exact) mass is 702 g/mol. The zero-order valence-electron chi connectivity index (χ0n) is 28.5. The average molecular weight is 703 g/mol. The third-order valence-corrected chi connectivity index (χ3v) is 11.3. The number of benzene rings is 11. The molecule has 0 fully saturated rings. The van der Waals surface area contributed by atoms with E-state index in [0.29, 0.717) is 21.5 Å². The largest absolute Gasteiger partial charge is 0.207 e. The molecule has 0 spiro atoms. The first-order valence-corrected chi connectivity index (χ1v) is 17.9. The van der Waals surface area contributed by atoms with E-state index in [4.69, 9.17) is 0 Å². The number of fused-ring (bicyclic) bond motifs is 4. The van der Waals surface area contributed by atoms with E-state index in [1.54, 1.807) is 36.4 Å². The summed E-state index contributed by atoms with van der Waals surface area (Å²) >= 11 is 0. The summed E-state index contributed by atoms with van der Waals surface area (Å²) in [5.41, 5.74) is 5.06. The maximum atomic E-state index is 16.5. The van der Waals surface area contributed by atoms with Crippen LogP contribution in [0.4, 0.5) is 17.6 Å². The van der Waals surface area contributed by atoms with Gasteiger partial charge in [0.15, 0.2) is 0 Å². The zero-order chi connectivity index (χ0) is 36.2. The van der Waals surface area contributed by atoms with Crippen molar-refractivity contribution in [2.24, 2.45) is 0 Å². The fourth-order valence-corrected chi connectivity index (χ4v) is 9.00. The highest BCUT2D eigenvalue weighted by Gasteiger charge is 2.23. The van der Waals surface area contributed by atoms with E-state index < -0.39 is 0 Å². The highest BCUT2D eigenvalue weighted by molar-refractivity contribution is 6.31. The molecule has 0 radical (unpaired) electrons. The fraction of sp³-hybridized carbons (Fsp3) is 0. The van der Waals surface area contributed by atoms with Crippen LogP contribution in [0.5, 0.6) is 0 Å². The first-order chi connectivity index (χ1) is 26.5. The lowest BCUT2D eigenvalue weighted by Gasteiger charge is -2.21.